The van der Waals surface area contributed by atoms with Gasteiger partial charge in [-0.05, 0) is 18.6 Å². The van der Waals surface area contributed by atoms with Gasteiger partial charge in [-0.1, -0.05) is 0 Å². The first-order chi connectivity index (χ1) is 8.74. The number of methoxy groups -OCH3 is 1. The maximum atomic E-state index is 13.7. The zero-order chi connectivity index (χ0) is 13.0. The molecule has 1 fully saturated rings. The van der Waals surface area contributed by atoms with Crippen molar-refractivity contribution in [1.82, 2.24) is 0 Å². The summed E-state index contributed by atoms with van der Waals surface area (Å²) in [6.07, 6.45) is 0.959. The second-order valence-electron chi connectivity index (χ2n) is 4.46. The highest BCUT2D eigenvalue weighted by atomic mass is 19.1. The zero-order valence-electron chi connectivity index (χ0n) is 10.5. The Labute approximate surface area is 106 Å². The molecule has 1 aromatic rings. The van der Waals surface area contributed by atoms with Crippen LogP contribution in [0.25, 0.3) is 0 Å². The lowest BCUT2D eigenvalue weighted by molar-refractivity contribution is 0.182. The molecule has 1 heterocycles. The van der Waals surface area contributed by atoms with Crippen molar-refractivity contribution in [2.75, 3.05) is 32.2 Å². The molecule has 1 aliphatic rings. The zero-order valence-corrected chi connectivity index (χ0v) is 10.5. The monoisotopic (exact) mass is 254 g/mol. The number of anilines is 1. The number of halogens is 1. The molecular formula is C13H19FN2O2. The minimum Gasteiger partial charge on any atom is -0.497 e. The van der Waals surface area contributed by atoms with Gasteiger partial charge in [0.25, 0.3) is 0 Å². The van der Waals surface area contributed by atoms with E-state index in [0.717, 1.165) is 13.0 Å². The predicted octanol–water partition coefficient (Wildman–Crippen LogP) is 1.61. The van der Waals surface area contributed by atoms with E-state index in [4.69, 9.17) is 15.2 Å². The van der Waals surface area contributed by atoms with Gasteiger partial charge in [0.15, 0.2) is 0 Å². The number of nitrogens with one attached hydrogen (secondary N) is 1. The molecule has 1 aliphatic heterocycles. The highest BCUT2D eigenvalue weighted by molar-refractivity contribution is 5.50. The molecule has 0 radical (unpaired) electrons. The highest BCUT2D eigenvalue weighted by Gasteiger charge is 2.25. The SMILES string of the molecule is COc1ccc(F)c(NC(CN)C2CCOC2)c1. The van der Waals surface area contributed by atoms with E-state index >= 15 is 0 Å². The van der Waals surface area contributed by atoms with Gasteiger partial charge >= 0.3 is 0 Å². The van der Waals surface area contributed by atoms with Gasteiger partial charge in [-0.25, -0.2) is 4.39 Å². The van der Waals surface area contributed by atoms with Gasteiger partial charge in [-0.3, -0.25) is 0 Å². The molecular weight excluding hydrogens is 235 g/mol. The Morgan fingerprint density at radius 2 is 2.44 bits per heavy atom. The molecule has 5 heteroatoms. The molecule has 0 aliphatic carbocycles. The average molecular weight is 254 g/mol. The second kappa shape index (κ2) is 6.02. The summed E-state index contributed by atoms with van der Waals surface area (Å²) in [5, 5.41) is 3.15. The van der Waals surface area contributed by atoms with Gasteiger partial charge in [0, 0.05) is 31.2 Å². The van der Waals surface area contributed by atoms with Crippen molar-refractivity contribution in [1.29, 1.82) is 0 Å². The van der Waals surface area contributed by atoms with Crippen LogP contribution in [0.3, 0.4) is 0 Å². The van der Waals surface area contributed by atoms with Crippen LogP contribution in [-0.4, -0.2) is 32.9 Å². The summed E-state index contributed by atoms with van der Waals surface area (Å²) in [5.74, 6) is 0.658. The van der Waals surface area contributed by atoms with Crippen molar-refractivity contribution >= 4 is 5.69 Å². The lowest BCUT2D eigenvalue weighted by Gasteiger charge is -2.23. The fraction of sp³-hybridized carbons (Fsp3) is 0.538. The van der Waals surface area contributed by atoms with E-state index < -0.39 is 0 Å². The summed E-state index contributed by atoms with van der Waals surface area (Å²) in [7, 11) is 1.56. The van der Waals surface area contributed by atoms with Crippen molar-refractivity contribution in [3.63, 3.8) is 0 Å². The average Bonchev–Trinajstić information content (AvgIpc) is 2.91. The molecule has 2 atom stereocenters. The van der Waals surface area contributed by atoms with Crippen LogP contribution in [0.4, 0.5) is 10.1 Å². The number of benzene rings is 1. The van der Waals surface area contributed by atoms with Crippen LogP contribution in [-0.2, 0) is 4.74 Å². The lowest BCUT2D eigenvalue weighted by atomic mass is 9.99. The molecule has 0 bridgehead atoms. The molecule has 0 amide bonds. The van der Waals surface area contributed by atoms with Gasteiger partial charge in [0.1, 0.15) is 11.6 Å². The van der Waals surface area contributed by atoms with E-state index in [0.29, 0.717) is 30.5 Å². The second-order valence-corrected chi connectivity index (χ2v) is 4.46. The summed E-state index contributed by atoms with van der Waals surface area (Å²) >= 11 is 0. The van der Waals surface area contributed by atoms with Crippen LogP contribution in [0.2, 0.25) is 0 Å². The molecule has 2 rings (SSSR count). The number of hydrogen-bond acceptors (Lipinski definition) is 4. The lowest BCUT2D eigenvalue weighted by Crippen LogP contribution is -2.36. The van der Waals surface area contributed by atoms with Crippen LogP contribution < -0.4 is 15.8 Å². The van der Waals surface area contributed by atoms with E-state index in [9.17, 15) is 4.39 Å². The van der Waals surface area contributed by atoms with E-state index in [1.165, 1.54) is 6.07 Å². The van der Waals surface area contributed by atoms with Crippen LogP contribution >= 0.6 is 0 Å². The third kappa shape index (κ3) is 2.91. The Hall–Kier alpha value is -1.33. The molecule has 1 aromatic carbocycles. The molecule has 100 valence electrons. The highest BCUT2D eigenvalue weighted by Crippen LogP contribution is 2.25. The largest absolute Gasteiger partial charge is 0.497 e. The van der Waals surface area contributed by atoms with Gasteiger partial charge in [-0.2, -0.15) is 0 Å². The number of ether oxygens (including phenoxy) is 2. The smallest absolute Gasteiger partial charge is 0.146 e. The van der Waals surface area contributed by atoms with Crippen molar-refractivity contribution in [3.05, 3.63) is 24.0 Å². The minimum atomic E-state index is -0.298. The third-order valence-electron chi connectivity index (χ3n) is 3.30. The summed E-state index contributed by atoms with van der Waals surface area (Å²) < 4.78 is 24.1. The van der Waals surface area contributed by atoms with Gasteiger partial charge in [-0.15, -0.1) is 0 Å². The van der Waals surface area contributed by atoms with Crippen LogP contribution in [0.1, 0.15) is 6.42 Å². The number of hydrogen-bond donors (Lipinski definition) is 2. The summed E-state index contributed by atoms with van der Waals surface area (Å²) in [4.78, 5) is 0. The van der Waals surface area contributed by atoms with Crippen molar-refractivity contribution in [3.8, 4) is 5.75 Å². The fourth-order valence-electron chi connectivity index (χ4n) is 2.18. The van der Waals surface area contributed by atoms with E-state index in [2.05, 4.69) is 5.32 Å². The predicted molar refractivity (Wildman–Crippen MR) is 68.3 cm³/mol. The number of rotatable bonds is 5. The summed E-state index contributed by atoms with van der Waals surface area (Å²) in [5.41, 5.74) is 6.18. The first kappa shape index (κ1) is 13.1. The first-order valence-corrected chi connectivity index (χ1v) is 6.12. The maximum absolute atomic E-state index is 13.7. The third-order valence-corrected chi connectivity index (χ3v) is 3.30. The molecule has 0 spiro atoms. The molecule has 4 nitrogen and oxygen atoms in total. The fourth-order valence-corrected chi connectivity index (χ4v) is 2.18. The Morgan fingerprint density at radius 1 is 1.61 bits per heavy atom. The molecule has 0 aromatic heterocycles. The quantitative estimate of drug-likeness (QED) is 0.838. The first-order valence-electron chi connectivity index (χ1n) is 6.12. The Balaban J connectivity index is 2.10. The van der Waals surface area contributed by atoms with E-state index in [-0.39, 0.29) is 11.9 Å². The van der Waals surface area contributed by atoms with Gasteiger partial charge in [0.2, 0.25) is 0 Å². The molecule has 18 heavy (non-hydrogen) atoms. The Bertz CT molecular complexity index is 395. The van der Waals surface area contributed by atoms with Crippen molar-refractivity contribution in [2.45, 2.75) is 12.5 Å². The standard InChI is InChI=1S/C13H19FN2O2/c1-17-10-2-3-11(14)12(6-10)16-13(7-15)9-4-5-18-8-9/h2-3,6,9,13,16H,4-5,7-8,15H2,1H3. The van der Waals surface area contributed by atoms with E-state index in [1.54, 1.807) is 19.2 Å². The normalized spacial score (nSPS) is 20.7. The van der Waals surface area contributed by atoms with Gasteiger partial charge < -0.3 is 20.5 Å². The molecule has 0 saturated carbocycles. The van der Waals surface area contributed by atoms with E-state index in [1.807, 2.05) is 0 Å². The topological polar surface area (TPSA) is 56.5 Å². The van der Waals surface area contributed by atoms with Crippen molar-refractivity contribution < 1.29 is 13.9 Å². The molecule has 2 unspecified atom stereocenters. The Morgan fingerprint density at radius 3 is 3.06 bits per heavy atom. The summed E-state index contributed by atoms with van der Waals surface area (Å²) in [6, 6.07) is 4.65. The van der Waals surface area contributed by atoms with Crippen LogP contribution in [0, 0.1) is 11.7 Å². The maximum Gasteiger partial charge on any atom is 0.146 e. The molecule has 1 saturated heterocycles. The van der Waals surface area contributed by atoms with Crippen LogP contribution in [0.15, 0.2) is 18.2 Å². The summed E-state index contributed by atoms with van der Waals surface area (Å²) in [6.45, 7) is 1.88. The minimum absolute atomic E-state index is 0.0223. The Kier molecular flexibility index (Phi) is 4.38. The van der Waals surface area contributed by atoms with Gasteiger partial charge in [0.05, 0.1) is 19.4 Å². The number of nitrogens with two attached hydrogens (primary N) is 1. The van der Waals surface area contributed by atoms with Crippen LogP contribution in [0.5, 0.6) is 5.75 Å². The van der Waals surface area contributed by atoms with Crippen molar-refractivity contribution in [2.24, 2.45) is 11.7 Å². The molecule has 3 N–H and O–H groups in total.